The topological polar surface area (TPSA) is 38.8 Å². The van der Waals surface area contributed by atoms with Gasteiger partial charge in [-0.15, -0.1) is 0 Å². The van der Waals surface area contributed by atoms with Gasteiger partial charge in [-0.25, -0.2) is 0 Å². The van der Waals surface area contributed by atoms with E-state index in [1.807, 2.05) is 41.3 Å². The molecular weight excluding hydrogens is 314 g/mol. The highest BCUT2D eigenvalue weighted by Gasteiger charge is 2.17. The minimum atomic E-state index is 0.153. The third kappa shape index (κ3) is 5.52. The summed E-state index contributed by atoms with van der Waals surface area (Å²) in [5, 5.41) is 0. The van der Waals surface area contributed by atoms with E-state index in [0.717, 1.165) is 22.6 Å². The lowest BCUT2D eigenvalue weighted by Gasteiger charge is -2.27. The van der Waals surface area contributed by atoms with Crippen molar-refractivity contribution in [3.8, 4) is 11.5 Å². The van der Waals surface area contributed by atoms with Crippen molar-refractivity contribution >= 4 is 5.91 Å². The van der Waals surface area contributed by atoms with Gasteiger partial charge in [0.1, 0.15) is 11.5 Å². The normalized spacial score (nSPS) is 10.6. The van der Waals surface area contributed by atoms with E-state index in [2.05, 4.69) is 26.0 Å². The van der Waals surface area contributed by atoms with Gasteiger partial charge >= 0.3 is 0 Å². The third-order valence-corrected chi connectivity index (χ3v) is 4.18. The van der Waals surface area contributed by atoms with Crippen LogP contribution in [0, 0.1) is 0 Å². The molecule has 0 bridgehead atoms. The first-order chi connectivity index (χ1) is 12.0. The van der Waals surface area contributed by atoms with Crippen LogP contribution in [0.2, 0.25) is 0 Å². The Hall–Kier alpha value is -2.49. The van der Waals surface area contributed by atoms with Crippen LogP contribution in [0.5, 0.6) is 11.5 Å². The van der Waals surface area contributed by atoms with Gasteiger partial charge < -0.3 is 14.4 Å². The number of nitrogens with zero attached hydrogens (tertiary/aromatic N) is 1. The summed E-state index contributed by atoms with van der Waals surface area (Å²) >= 11 is 0. The van der Waals surface area contributed by atoms with Crippen molar-refractivity contribution < 1.29 is 14.3 Å². The number of hydrogen-bond donors (Lipinski definition) is 0. The molecule has 2 rings (SSSR count). The fourth-order valence-electron chi connectivity index (χ4n) is 2.74. The van der Waals surface area contributed by atoms with Crippen molar-refractivity contribution in [2.24, 2.45) is 0 Å². The van der Waals surface area contributed by atoms with E-state index in [1.54, 1.807) is 14.2 Å². The maximum absolute atomic E-state index is 12.7. The monoisotopic (exact) mass is 341 g/mol. The molecule has 0 aliphatic carbocycles. The molecule has 0 saturated carbocycles. The number of amides is 1. The second-order valence-corrected chi connectivity index (χ2v) is 6.32. The first-order valence-electron chi connectivity index (χ1n) is 8.58. The van der Waals surface area contributed by atoms with Crippen LogP contribution in [-0.2, 0) is 17.8 Å². The van der Waals surface area contributed by atoms with Crippen molar-refractivity contribution in [1.29, 1.82) is 0 Å². The fraction of sp³-hybridized carbons (Fsp3) is 0.381. The average Bonchev–Trinajstić information content (AvgIpc) is 2.64. The summed E-state index contributed by atoms with van der Waals surface area (Å²) in [6.07, 6.45) is 1.12. The van der Waals surface area contributed by atoms with Gasteiger partial charge in [0, 0.05) is 25.1 Å². The van der Waals surface area contributed by atoms with Gasteiger partial charge in [0.15, 0.2) is 0 Å². The number of ether oxygens (including phenoxy) is 2. The van der Waals surface area contributed by atoms with Crippen LogP contribution in [0.3, 0.4) is 0 Å². The van der Waals surface area contributed by atoms with Crippen LogP contribution in [0.15, 0.2) is 48.5 Å². The van der Waals surface area contributed by atoms with Crippen molar-refractivity contribution in [1.82, 2.24) is 4.90 Å². The molecule has 134 valence electrons. The Bertz CT molecular complexity index is 661. The number of methoxy groups -OCH3 is 2. The van der Waals surface area contributed by atoms with E-state index < -0.39 is 0 Å². The van der Waals surface area contributed by atoms with E-state index >= 15 is 0 Å². The van der Waals surface area contributed by atoms with Gasteiger partial charge in [0.25, 0.3) is 0 Å². The molecule has 0 aliphatic heterocycles. The summed E-state index contributed by atoms with van der Waals surface area (Å²) in [5.41, 5.74) is 2.18. The van der Waals surface area contributed by atoms with Crippen molar-refractivity contribution in [3.05, 3.63) is 59.7 Å². The molecule has 0 atom stereocenters. The highest BCUT2D eigenvalue weighted by atomic mass is 16.5. The van der Waals surface area contributed by atoms with Gasteiger partial charge in [0.05, 0.1) is 14.2 Å². The quantitative estimate of drug-likeness (QED) is 0.726. The molecule has 0 unspecified atom stereocenters. The standard InChI is InChI=1S/C21H27NO3/c1-16(2)22(15-17-8-6-5-7-9-17)21(23)11-10-18-12-19(24-3)14-20(13-18)25-4/h5-9,12-14,16H,10-11,15H2,1-4H3. The number of aryl methyl sites for hydroxylation is 1. The Morgan fingerprint density at radius 1 is 0.960 bits per heavy atom. The van der Waals surface area contributed by atoms with Gasteiger partial charge in [0.2, 0.25) is 5.91 Å². The summed E-state index contributed by atoms with van der Waals surface area (Å²) in [6, 6.07) is 16.0. The minimum absolute atomic E-state index is 0.153. The van der Waals surface area contributed by atoms with Gasteiger partial charge in [-0.05, 0) is 43.5 Å². The molecule has 0 saturated heterocycles. The number of carbonyl (C=O) groups excluding carboxylic acids is 1. The first-order valence-corrected chi connectivity index (χ1v) is 8.58. The van der Waals surface area contributed by atoms with Crippen LogP contribution in [0.1, 0.15) is 31.4 Å². The number of carbonyl (C=O) groups is 1. The lowest BCUT2D eigenvalue weighted by Crippen LogP contribution is -2.36. The zero-order valence-corrected chi connectivity index (χ0v) is 15.5. The summed E-state index contributed by atoms with van der Waals surface area (Å²) in [5.74, 6) is 1.64. The molecule has 2 aromatic carbocycles. The van der Waals surface area contributed by atoms with Crippen LogP contribution < -0.4 is 9.47 Å². The molecule has 0 radical (unpaired) electrons. The molecule has 1 amide bonds. The van der Waals surface area contributed by atoms with E-state index in [0.29, 0.717) is 19.4 Å². The predicted octanol–water partition coefficient (Wildman–Crippen LogP) is 4.07. The molecule has 0 aliphatic rings. The second-order valence-electron chi connectivity index (χ2n) is 6.32. The van der Waals surface area contributed by atoms with Crippen LogP contribution in [-0.4, -0.2) is 31.1 Å². The van der Waals surface area contributed by atoms with Gasteiger partial charge in [-0.3, -0.25) is 4.79 Å². The zero-order chi connectivity index (χ0) is 18.2. The van der Waals surface area contributed by atoms with Crippen LogP contribution in [0.4, 0.5) is 0 Å². The van der Waals surface area contributed by atoms with E-state index in [4.69, 9.17) is 9.47 Å². The van der Waals surface area contributed by atoms with Gasteiger partial charge in [-0.1, -0.05) is 30.3 Å². The molecule has 25 heavy (non-hydrogen) atoms. The van der Waals surface area contributed by atoms with Crippen molar-refractivity contribution in [2.45, 2.75) is 39.3 Å². The first kappa shape index (κ1) is 18.8. The summed E-state index contributed by atoms with van der Waals surface area (Å²) in [6.45, 7) is 4.74. The number of rotatable bonds is 8. The van der Waals surface area contributed by atoms with Crippen LogP contribution in [0.25, 0.3) is 0 Å². The maximum atomic E-state index is 12.7. The predicted molar refractivity (Wildman–Crippen MR) is 100.0 cm³/mol. The molecule has 0 spiro atoms. The van der Waals surface area contributed by atoms with Crippen molar-refractivity contribution in [3.63, 3.8) is 0 Å². The smallest absolute Gasteiger partial charge is 0.223 e. The minimum Gasteiger partial charge on any atom is -0.497 e. The Kier molecular flexibility index (Phi) is 6.87. The lowest BCUT2D eigenvalue weighted by atomic mass is 10.1. The Morgan fingerprint density at radius 3 is 2.08 bits per heavy atom. The molecule has 2 aromatic rings. The van der Waals surface area contributed by atoms with E-state index in [1.165, 1.54) is 0 Å². The number of hydrogen-bond acceptors (Lipinski definition) is 3. The highest BCUT2D eigenvalue weighted by molar-refractivity contribution is 5.76. The SMILES string of the molecule is COc1cc(CCC(=O)N(Cc2ccccc2)C(C)C)cc(OC)c1. The summed E-state index contributed by atoms with van der Waals surface area (Å²) < 4.78 is 10.6. The molecule has 0 heterocycles. The molecule has 0 N–H and O–H groups in total. The largest absolute Gasteiger partial charge is 0.497 e. The number of benzene rings is 2. The molecular formula is C21H27NO3. The maximum Gasteiger partial charge on any atom is 0.223 e. The average molecular weight is 341 g/mol. The van der Waals surface area contributed by atoms with E-state index in [-0.39, 0.29) is 11.9 Å². The van der Waals surface area contributed by atoms with Gasteiger partial charge in [-0.2, -0.15) is 0 Å². The lowest BCUT2D eigenvalue weighted by molar-refractivity contribution is -0.133. The molecule has 0 fully saturated rings. The van der Waals surface area contributed by atoms with Crippen LogP contribution >= 0.6 is 0 Å². The molecule has 4 heteroatoms. The molecule has 0 aromatic heterocycles. The highest BCUT2D eigenvalue weighted by Crippen LogP contribution is 2.23. The Morgan fingerprint density at radius 2 is 1.56 bits per heavy atom. The molecule has 4 nitrogen and oxygen atoms in total. The fourth-order valence-corrected chi connectivity index (χ4v) is 2.74. The zero-order valence-electron chi connectivity index (χ0n) is 15.5. The third-order valence-electron chi connectivity index (χ3n) is 4.18. The van der Waals surface area contributed by atoms with Crippen molar-refractivity contribution in [2.75, 3.05) is 14.2 Å². The summed E-state index contributed by atoms with van der Waals surface area (Å²) in [4.78, 5) is 14.7. The Labute approximate surface area is 150 Å². The summed E-state index contributed by atoms with van der Waals surface area (Å²) in [7, 11) is 3.26. The van der Waals surface area contributed by atoms with E-state index in [9.17, 15) is 4.79 Å². The second kappa shape index (κ2) is 9.11. The Balaban J connectivity index is 2.04.